The number of aliphatic hydroxyl groups is 1. The van der Waals surface area contributed by atoms with E-state index in [1.807, 2.05) is 42.5 Å². The van der Waals surface area contributed by atoms with Crippen LogP contribution in [-0.2, 0) is 6.42 Å². The van der Waals surface area contributed by atoms with Crippen LogP contribution >= 0.6 is 0 Å². The molecule has 0 saturated carbocycles. The molecule has 106 valence electrons. The summed E-state index contributed by atoms with van der Waals surface area (Å²) >= 11 is 0. The monoisotopic (exact) mass is 270 g/mol. The second-order valence-electron chi connectivity index (χ2n) is 5.22. The maximum absolute atomic E-state index is 10.3. The van der Waals surface area contributed by atoms with E-state index in [0.717, 1.165) is 17.7 Å². The van der Waals surface area contributed by atoms with Crippen molar-refractivity contribution in [3.05, 3.63) is 65.7 Å². The molecule has 2 aromatic carbocycles. The Labute approximate surface area is 121 Å². The number of methoxy groups -OCH3 is 1. The normalized spacial score (nSPS) is 13.8. The van der Waals surface area contributed by atoms with E-state index < -0.39 is 0 Å². The molecular formula is C18H22O2. The number of hydrogen-bond donors (Lipinski definition) is 1. The molecule has 0 heterocycles. The number of hydrogen-bond acceptors (Lipinski definition) is 2. The SMILES string of the molecule is COc1ccccc1CC(O)CC(C)c1ccccc1. The molecule has 0 aromatic heterocycles. The maximum atomic E-state index is 10.3. The zero-order valence-corrected chi connectivity index (χ0v) is 12.1. The van der Waals surface area contributed by atoms with Gasteiger partial charge in [0.05, 0.1) is 13.2 Å². The topological polar surface area (TPSA) is 29.5 Å². The minimum absolute atomic E-state index is 0.348. The van der Waals surface area contributed by atoms with Crippen LogP contribution in [0.5, 0.6) is 5.75 Å². The van der Waals surface area contributed by atoms with E-state index >= 15 is 0 Å². The van der Waals surface area contributed by atoms with Crippen LogP contribution in [-0.4, -0.2) is 18.3 Å². The van der Waals surface area contributed by atoms with Crippen LogP contribution in [0.25, 0.3) is 0 Å². The molecular weight excluding hydrogens is 248 g/mol. The molecule has 2 unspecified atom stereocenters. The summed E-state index contributed by atoms with van der Waals surface area (Å²) in [4.78, 5) is 0. The first-order valence-electron chi connectivity index (χ1n) is 7.05. The van der Waals surface area contributed by atoms with E-state index in [1.165, 1.54) is 5.56 Å². The molecule has 0 amide bonds. The molecule has 2 nitrogen and oxygen atoms in total. The Morgan fingerprint density at radius 2 is 1.65 bits per heavy atom. The average Bonchev–Trinajstić information content (AvgIpc) is 2.48. The summed E-state index contributed by atoms with van der Waals surface area (Å²) in [7, 11) is 1.66. The Bertz CT molecular complexity index is 522. The van der Waals surface area contributed by atoms with Crippen LogP contribution in [0.1, 0.15) is 30.4 Å². The van der Waals surface area contributed by atoms with Gasteiger partial charge in [0.2, 0.25) is 0 Å². The number of benzene rings is 2. The van der Waals surface area contributed by atoms with E-state index in [1.54, 1.807) is 7.11 Å². The smallest absolute Gasteiger partial charge is 0.122 e. The van der Waals surface area contributed by atoms with Crippen molar-refractivity contribution in [1.82, 2.24) is 0 Å². The van der Waals surface area contributed by atoms with Gasteiger partial charge in [0, 0.05) is 6.42 Å². The minimum atomic E-state index is -0.360. The first-order valence-corrected chi connectivity index (χ1v) is 7.05. The van der Waals surface area contributed by atoms with Gasteiger partial charge in [0.25, 0.3) is 0 Å². The van der Waals surface area contributed by atoms with Gasteiger partial charge in [-0.1, -0.05) is 55.5 Å². The number of rotatable bonds is 6. The van der Waals surface area contributed by atoms with Crippen LogP contribution in [0.2, 0.25) is 0 Å². The van der Waals surface area contributed by atoms with Crippen molar-refractivity contribution in [2.75, 3.05) is 7.11 Å². The van der Waals surface area contributed by atoms with Crippen molar-refractivity contribution >= 4 is 0 Å². The van der Waals surface area contributed by atoms with Gasteiger partial charge < -0.3 is 9.84 Å². The summed E-state index contributed by atoms with van der Waals surface area (Å²) < 4.78 is 5.32. The molecule has 0 aliphatic rings. The standard InChI is InChI=1S/C18H22O2/c1-14(15-8-4-3-5-9-15)12-17(19)13-16-10-6-7-11-18(16)20-2/h3-11,14,17,19H,12-13H2,1-2H3. The Morgan fingerprint density at radius 1 is 1.00 bits per heavy atom. The number of para-hydroxylation sites is 1. The first-order chi connectivity index (χ1) is 9.70. The molecule has 0 aliphatic heterocycles. The zero-order chi connectivity index (χ0) is 14.4. The molecule has 2 aromatic rings. The van der Waals surface area contributed by atoms with E-state index in [0.29, 0.717) is 12.3 Å². The summed E-state index contributed by atoms with van der Waals surface area (Å²) in [5.74, 6) is 1.19. The van der Waals surface area contributed by atoms with Gasteiger partial charge in [-0.05, 0) is 29.5 Å². The fraction of sp³-hybridized carbons (Fsp3) is 0.333. The molecule has 0 spiro atoms. The summed E-state index contributed by atoms with van der Waals surface area (Å²) in [5.41, 5.74) is 2.33. The van der Waals surface area contributed by atoms with E-state index in [2.05, 4.69) is 19.1 Å². The lowest BCUT2D eigenvalue weighted by molar-refractivity contribution is 0.156. The Hall–Kier alpha value is -1.80. The molecule has 1 N–H and O–H groups in total. The highest BCUT2D eigenvalue weighted by molar-refractivity contribution is 5.33. The van der Waals surface area contributed by atoms with Gasteiger partial charge in [0.15, 0.2) is 0 Å². The predicted molar refractivity (Wildman–Crippen MR) is 82.2 cm³/mol. The molecule has 0 bridgehead atoms. The van der Waals surface area contributed by atoms with Crippen molar-refractivity contribution in [2.24, 2.45) is 0 Å². The predicted octanol–water partition coefficient (Wildman–Crippen LogP) is 3.79. The summed E-state index contributed by atoms with van der Waals surface area (Å²) in [6, 6.07) is 18.2. The molecule has 0 fully saturated rings. The van der Waals surface area contributed by atoms with Crippen LogP contribution in [0.15, 0.2) is 54.6 Å². The molecule has 20 heavy (non-hydrogen) atoms. The van der Waals surface area contributed by atoms with Gasteiger partial charge in [-0.25, -0.2) is 0 Å². The highest BCUT2D eigenvalue weighted by Gasteiger charge is 2.14. The maximum Gasteiger partial charge on any atom is 0.122 e. The second kappa shape index (κ2) is 7.11. The Balaban J connectivity index is 1.97. The van der Waals surface area contributed by atoms with Gasteiger partial charge in [0.1, 0.15) is 5.75 Å². The Kier molecular flexibility index (Phi) is 5.19. The van der Waals surface area contributed by atoms with E-state index in [4.69, 9.17) is 4.74 Å². The highest BCUT2D eigenvalue weighted by atomic mass is 16.5. The molecule has 2 heteroatoms. The van der Waals surface area contributed by atoms with Crippen molar-refractivity contribution in [2.45, 2.75) is 31.8 Å². The fourth-order valence-corrected chi connectivity index (χ4v) is 2.53. The van der Waals surface area contributed by atoms with Gasteiger partial charge in [-0.3, -0.25) is 0 Å². The third kappa shape index (κ3) is 3.84. The zero-order valence-electron chi connectivity index (χ0n) is 12.1. The van der Waals surface area contributed by atoms with Crippen LogP contribution in [0.4, 0.5) is 0 Å². The summed E-state index contributed by atoms with van der Waals surface area (Å²) in [6.07, 6.45) is 1.02. The van der Waals surface area contributed by atoms with Gasteiger partial charge >= 0.3 is 0 Å². The van der Waals surface area contributed by atoms with E-state index in [9.17, 15) is 5.11 Å². The van der Waals surface area contributed by atoms with Crippen LogP contribution in [0.3, 0.4) is 0 Å². The quantitative estimate of drug-likeness (QED) is 0.865. The first kappa shape index (κ1) is 14.6. The lowest BCUT2D eigenvalue weighted by Crippen LogP contribution is -2.14. The Morgan fingerprint density at radius 3 is 2.35 bits per heavy atom. The molecule has 0 radical (unpaired) electrons. The largest absolute Gasteiger partial charge is 0.496 e. The lowest BCUT2D eigenvalue weighted by Gasteiger charge is -2.18. The fourth-order valence-electron chi connectivity index (χ4n) is 2.53. The number of aliphatic hydroxyl groups excluding tert-OH is 1. The molecule has 0 aliphatic carbocycles. The molecule has 2 rings (SSSR count). The molecule has 0 saturated heterocycles. The number of ether oxygens (including phenoxy) is 1. The summed E-state index contributed by atoms with van der Waals surface area (Å²) in [5, 5.41) is 10.3. The van der Waals surface area contributed by atoms with E-state index in [-0.39, 0.29) is 6.10 Å². The molecule has 2 atom stereocenters. The van der Waals surface area contributed by atoms with Gasteiger partial charge in [-0.15, -0.1) is 0 Å². The average molecular weight is 270 g/mol. The second-order valence-corrected chi connectivity index (χ2v) is 5.22. The van der Waals surface area contributed by atoms with Crippen LogP contribution < -0.4 is 4.74 Å². The third-order valence-electron chi connectivity index (χ3n) is 3.64. The van der Waals surface area contributed by atoms with Crippen LogP contribution in [0, 0.1) is 0 Å². The minimum Gasteiger partial charge on any atom is -0.496 e. The van der Waals surface area contributed by atoms with Crippen molar-refractivity contribution in [1.29, 1.82) is 0 Å². The van der Waals surface area contributed by atoms with Crippen molar-refractivity contribution in [3.63, 3.8) is 0 Å². The van der Waals surface area contributed by atoms with Crippen molar-refractivity contribution < 1.29 is 9.84 Å². The highest BCUT2D eigenvalue weighted by Crippen LogP contribution is 2.24. The summed E-state index contributed by atoms with van der Waals surface area (Å²) in [6.45, 7) is 2.15. The third-order valence-corrected chi connectivity index (χ3v) is 3.64. The van der Waals surface area contributed by atoms with Gasteiger partial charge in [-0.2, -0.15) is 0 Å². The van der Waals surface area contributed by atoms with Crippen molar-refractivity contribution in [3.8, 4) is 5.75 Å². The lowest BCUT2D eigenvalue weighted by atomic mass is 9.92.